The first-order chi connectivity index (χ1) is 16.9. The summed E-state index contributed by atoms with van der Waals surface area (Å²) < 4.78 is 0. The summed E-state index contributed by atoms with van der Waals surface area (Å²) in [6.07, 6.45) is 9.49. The van der Waals surface area contributed by atoms with Gasteiger partial charge in [0, 0.05) is 37.4 Å². The predicted molar refractivity (Wildman–Crippen MR) is 145 cm³/mol. The standard InChI is InChI=1S/C26H54N6O3/c1-21(33)18-23(13-7-10-16-28-3)31-26(35)20-24(14-8-11-17-29-4)32-25(34)19-22(30-5)12-6-9-15-27-2/h22-24,27-30H,6-20H2,1-5H3,(H,31,35)(H,32,34). The summed E-state index contributed by atoms with van der Waals surface area (Å²) >= 11 is 0. The van der Waals surface area contributed by atoms with Crippen molar-refractivity contribution in [2.45, 2.75) is 102 Å². The van der Waals surface area contributed by atoms with Crippen LogP contribution >= 0.6 is 0 Å². The van der Waals surface area contributed by atoms with Crippen LogP contribution in [0, 0.1) is 0 Å². The second-order valence-corrected chi connectivity index (χ2v) is 9.63. The van der Waals surface area contributed by atoms with Crippen molar-refractivity contribution in [3.8, 4) is 0 Å². The number of carbonyl (C=O) groups is 3. The summed E-state index contributed by atoms with van der Waals surface area (Å²) in [5, 5.41) is 18.8. The Morgan fingerprint density at radius 1 is 0.543 bits per heavy atom. The largest absolute Gasteiger partial charge is 0.353 e. The van der Waals surface area contributed by atoms with Crippen LogP contribution in [-0.2, 0) is 14.4 Å². The average Bonchev–Trinajstić information content (AvgIpc) is 2.80. The maximum atomic E-state index is 12.9. The zero-order valence-electron chi connectivity index (χ0n) is 23.1. The molecular formula is C26H54N6O3. The molecule has 0 aliphatic carbocycles. The molecule has 0 aliphatic heterocycles. The molecule has 0 heterocycles. The molecule has 3 unspecified atom stereocenters. The molecule has 0 rings (SSSR count). The van der Waals surface area contributed by atoms with Gasteiger partial charge < -0.3 is 31.9 Å². The highest BCUT2D eigenvalue weighted by atomic mass is 16.2. The summed E-state index contributed by atoms with van der Waals surface area (Å²) in [7, 11) is 7.68. The number of ketones is 1. The molecule has 6 N–H and O–H groups in total. The third-order valence-electron chi connectivity index (χ3n) is 6.22. The van der Waals surface area contributed by atoms with Gasteiger partial charge in [-0.15, -0.1) is 0 Å². The number of nitrogens with one attached hydrogen (secondary N) is 6. The van der Waals surface area contributed by atoms with E-state index in [1.807, 2.05) is 28.2 Å². The lowest BCUT2D eigenvalue weighted by atomic mass is 10.0. The predicted octanol–water partition coefficient (Wildman–Crippen LogP) is 1.47. The zero-order valence-corrected chi connectivity index (χ0v) is 23.1. The molecule has 0 aromatic carbocycles. The number of rotatable bonds is 24. The Morgan fingerprint density at radius 2 is 0.914 bits per heavy atom. The minimum atomic E-state index is -0.205. The minimum Gasteiger partial charge on any atom is -0.353 e. The van der Waals surface area contributed by atoms with Crippen LogP contribution < -0.4 is 31.9 Å². The van der Waals surface area contributed by atoms with Crippen LogP contribution in [0.4, 0.5) is 0 Å². The van der Waals surface area contributed by atoms with Crippen molar-refractivity contribution in [1.29, 1.82) is 0 Å². The molecule has 0 radical (unpaired) electrons. The lowest BCUT2D eigenvalue weighted by molar-refractivity contribution is -0.124. The van der Waals surface area contributed by atoms with Crippen LogP contribution in [0.25, 0.3) is 0 Å². The molecule has 0 aromatic heterocycles. The highest BCUT2D eigenvalue weighted by Gasteiger charge is 2.21. The third-order valence-corrected chi connectivity index (χ3v) is 6.22. The van der Waals surface area contributed by atoms with E-state index in [2.05, 4.69) is 31.9 Å². The van der Waals surface area contributed by atoms with Gasteiger partial charge in [-0.2, -0.15) is 0 Å². The average molecular weight is 499 g/mol. The molecule has 206 valence electrons. The first-order valence-corrected chi connectivity index (χ1v) is 13.5. The van der Waals surface area contributed by atoms with E-state index in [0.29, 0.717) is 12.8 Å². The maximum absolute atomic E-state index is 12.9. The van der Waals surface area contributed by atoms with Crippen LogP contribution in [0.1, 0.15) is 84.0 Å². The van der Waals surface area contributed by atoms with E-state index in [9.17, 15) is 14.4 Å². The van der Waals surface area contributed by atoms with Gasteiger partial charge in [0.15, 0.2) is 0 Å². The first kappa shape index (κ1) is 33.4. The van der Waals surface area contributed by atoms with Gasteiger partial charge >= 0.3 is 0 Å². The minimum absolute atomic E-state index is 0.0169. The van der Waals surface area contributed by atoms with Gasteiger partial charge in [0.05, 0.1) is 0 Å². The number of hydrogen-bond acceptors (Lipinski definition) is 7. The maximum Gasteiger partial charge on any atom is 0.222 e. The monoisotopic (exact) mass is 498 g/mol. The van der Waals surface area contributed by atoms with Crippen molar-refractivity contribution in [3.05, 3.63) is 0 Å². The second-order valence-electron chi connectivity index (χ2n) is 9.63. The lowest BCUT2D eigenvalue weighted by Gasteiger charge is -2.23. The molecule has 0 saturated carbocycles. The fraction of sp³-hybridized carbons (Fsp3) is 0.885. The molecule has 3 atom stereocenters. The normalized spacial score (nSPS) is 13.7. The Balaban J connectivity index is 4.87. The topological polar surface area (TPSA) is 123 Å². The molecule has 0 bridgehead atoms. The van der Waals surface area contributed by atoms with Crippen LogP contribution in [0.15, 0.2) is 0 Å². The second kappa shape index (κ2) is 22.9. The van der Waals surface area contributed by atoms with Gasteiger partial charge in [0.1, 0.15) is 5.78 Å². The molecule has 0 spiro atoms. The number of Topliss-reactive ketones (excluding diaryl/α,β-unsaturated/α-hetero) is 1. The number of unbranched alkanes of at least 4 members (excludes halogenated alkanes) is 3. The fourth-order valence-electron chi connectivity index (χ4n) is 4.24. The van der Waals surface area contributed by atoms with Gasteiger partial charge in [-0.1, -0.05) is 19.3 Å². The first-order valence-electron chi connectivity index (χ1n) is 13.5. The molecule has 9 heteroatoms. The zero-order chi connectivity index (χ0) is 26.3. The number of amides is 2. The van der Waals surface area contributed by atoms with Crippen molar-refractivity contribution in [1.82, 2.24) is 31.9 Å². The fourth-order valence-corrected chi connectivity index (χ4v) is 4.24. The van der Waals surface area contributed by atoms with Gasteiger partial charge in [0.2, 0.25) is 11.8 Å². The molecular weight excluding hydrogens is 444 g/mol. The Labute approximate surface area is 214 Å². The van der Waals surface area contributed by atoms with Crippen LogP contribution in [0.2, 0.25) is 0 Å². The van der Waals surface area contributed by atoms with Crippen LogP contribution in [0.5, 0.6) is 0 Å². The van der Waals surface area contributed by atoms with Crippen LogP contribution in [0.3, 0.4) is 0 Å². The molecule has 0 aliphatic rings. The van der Waals surface area contributed by atoms with Crippen LogP contribution in [-0.4, -0.2) is 83.5 Å². The summed E-state index contributed by atoms with van der Waals surface area (Å²) in [4.78, 5) is 37.4. The number of carbonyl (C=O) groups excluding carboxylic acids is 3. The van der Waals surface area contributed by atoms with Crippen molar-refractivity contribution < 1.29 is 14.4 Å². The SMILES string of the molecule is CNCCCCC(CC(=O)NC(CCCCNC)CC(=O)NC(CCCCNC)CC(C)=O)NC. The number of hydrogen-bond donors (Lipinski definition) is 6. The van der Waals surface area contributed by atoms with Gasteiger partial charge in [-0.05, 0) is 93.3 Å². The van der Waals surface area contributed by atoms with Crippen molar-refractivity contribution >= 4 is 17.6 Å². The Bertz CT molecular complexity index is 561. The van der Waals surface area contributed by atoms with Crippen molar-refractivity contribution in [2.75, 3.05) is 47.8 Å². The summed E-state index contributed by atoms with van der Waals surface area (Å²) in [6.45, 7) is 4.38. The molecule has 9 nitrogen and oxygen atoms in total. The summed E-state index contributed by atoms with van der Waals surface area (Å²) in [6, 6.07) is -0.226. The molecule has 0 aromatic rings. The Morgan fingerprint density at radius 3 is 1.29 bits per heavy atom. The smallest absolute Gasteiger partial charge is 0.222 e. The molecule has 0 saturated heterocycles. The molecule has 0 fully saturated rings. The highest BCUT2D eigenvalue weighted by Crippen LogP contribution is 2.10. The van der Waals surface area contributed by atoms with E-state index < -0.39 is 0 Å². The van der Waals surface area contributed by atoms with Crippen molar-refractivity contribution in [2.24, 2.45) is 0 Å². The molecule has 35 heavy (non-hydrogen) atoms. The summed E-state index contributed by atoms with van der Waals surface area (Å²) in [5.74, 6) is -0.0357. The highest BCUT2D eigenvalue weighted by molar-refractivity contribution is 5.81. The third kappa shape index (κ3) is 20.4. The van der Waals surface area contributed by atoms with E-state index in [0.717, 1.165) is 77.4 Å². The summed E-state index contributed by atoms with van der Waals surface area (Å²) in [5.41, 5.74) is 0. The van der Waals surface area contributed by atoms with Crippen molar-refractivity contribution in [3.63, 3.8) is 0 Å². The van der Waals surface area contributed by atoms with E-state index in [1.165, 1.54) is 0 Å². The quantitative estimate of drug-likeness (QED) is 0.111. The van der Waals surface area contributed by atoms with Gasteiger partial charge in [-0.3, -0.25) is 14.4 Å². The molecule has 2 amide bonds. The van der Waals surface area contributed by atoms with E-state index in [1.54, 1.807) is 6.92 Å². The van der Waals surface area contributed by atoms with Gasteiger partial charge in [-0.25, -0.2) is 0 Å². The Kier molecular flexibility index (Phi) is 21.9. The van der Waals surface area contributed by atoms with Gasteiger partial charge in [0.25, 0.3) is 0 Å². The van der Waals surface area contributed by atoms with E-state index in [4.69, 9.17) is 0 Å². The Hall–Kier alpha value is -1.55. The lowest BCUT2D eigenvalue weighted by Crippen LogP contribution is -2.44. The van der Waals surface area contributed by atoms with E-state index in [-0.39, 0.29) is 42.1 Å². The van der Waals surface area contributed by atoms with E-state index >= 15 is 0 Å².